The van der Waals surface area contributed by atoms with Gasteiger partial charge in [-0.25, -0.2) is 4.39 Å². The summed E-state index contributed by atoms with van der Waals surface area (Å²) < 4.78 is 18.5. The van der Waals surface area contributed by atoms with Gasteiger partial charge in [-0.05, 0) is 36.2 Å². The third-order valence-corrected chi connectivity index (χ3v) is 3.06. The molecule has 0 radical (unpaired) electrons. The molecule has 0 aliphatic carbocycles. The minimum atomic E-state index is -0.534. The van der Waals surface area contributed by atoms with Gasteiger partial charge in [0.25, 0.3) is 5.91 Å². The Bertz CT molecular complexity index is 569. The highest BCUT2D eigenvalue weighted by Gasteiger charge is 2.17. The van der Waals surface area contributed by atoms with Crippen LogP contribution in [0.25, 0.3) is 0 Å². The quantitative estimate of drug-likeness (QED) is 0.885. The maximum Gasteiger partial charge on any atom is 0.261 e. The lowest BCUT2D eigenvalue weighted by Gasteiger charge is -2.17. The van der Waals surface area contributed by atoms with Crippen molar-refractivity contribution >= 4 is 5.91 Å². The Morgan fingerprint density at radius 2 is 1.81 bits per heavy atom. The molecule has 2 aromatic carbocycles. The van der Waals surface area contributed by atoms with E-state index in [1.807, 2.05) is 37.3 Å². The summed E-state index contributed by atoms with van der Waals surface area (Å²) in [6.07, 6.45) is 0.0392. The fraction of sp³-hybridized carbons (Fsp3) is 0.235. The smallest absolute Gasteiger partial charge is 0.261 e. The number of halogens is 1. The molecule has 4 heteroatoms. The van der Waals surface area contributed by atoms with E-state index in [1.54, 1.807) is 12.1 Å². The second-order valence-electron chi connectivity index (χ2n) is 4.67. The summed E-state index contributed by atoms with van der Waals surface area (Å²) >= 11 is 0. The highest BCUT2D eigenvalue weighted by molar-refractivity contribution is 5.81. The van der Waals surface area contributed by atoms with Gasteiger partial charge in [0.2, 0.25) is 0 Å². The van der Waals surface area contributed by atoms with E-state index in [9.17, 15) is 9.18 Å². The molecular formula is C17H18FNO2. The Kier molecular flexibility index (Phi) is 5.32. The highest BCUT2D eigenvalue weighted by atomic mass is 19.1. The van der Waals surface area contributed by atoms with Gasteiger partial charge in [0.15, 0.2) is 6.10 Å². The minimum Gasteiger partial charge on any atom is -0.481 e. The summed E-state index contributed by atoms with van der Waals surface area (Å²) in [5.41, 5.74) is 0.847. The molecule has 0 saturated heterocycles. The summed E-state index contributed by atoms with van der Waals surface area (Å²) in [5, 5.41) is 2.80. The first kappa shape index (κ1) is 15.0. The molecule has 0 bridgehead atoms. The number of carbonyl (C=O) groups is 1. The predicted molar refractivity (Wildman–Crippen MR) is 79.4 cm³/mol. The third-order valence-electron chi connectivity index (χ3n) is 3.06. The lowest BCUT2D eigenvalue weighted by atomic mass is 10.2. The molecular weight excluding hydrogens is 269 g/mol. The van der Waals surface area contributed by atoms with Crippen molar-refractivity contribution in [2.75, 3.05) is 0 Å². The molecule has 0 aliphatic heterocycles. The number of hydrogen-bond donors (Lipinski definition) is 1. The molecule has 21 heavy (non-hydrogen) atoms. The zero-order valence-corrected chi connectivity index (χ0v) is 11.9. The number of hydrogen-bond acceptors (Lipinski definition) is 2. The van der Waals surface area contributed by atoms with Crippen LogP contribution >= 0.6 is 0 Å². The highest BCUT2D eigenvalue weighted by Crippen LogP contribution is 2.12. The van der Waals surface area contributed by atoms with Gasteiger partial charge in [-0.3, -0.25) is 4.79 Å². The maximum absolute atomic E-state index is 12.8. The first-order chi connectivity index (χ1) is 10.2. The van der Waals surface area contributed by atoms with Crippen LogP contribution in [0, 0.1) is 5.82 Å². The van der Waals surface area contributed by atoms with Gasteiger partial charge in [-0.1, -0.05) is 37.3 Å². The molecule has 0 unspecified atom stereocenters. The molecule has 0 spiro atoms. The molecule has 0 aromatic heterocycles. The molecule has 1 N–H and O–H groups in total. The summed E-state index contributed by atoms with van der Waals surface area (Å²) in [4.78, 5) is 12.1. The van der Waals surface area contributed by atoms with Crippen LogP contribution in [0.5, 0.6) is 5.75 Å². The van der Waals surface area contributed by atoms with Crippen LogP contribution in [-0.2, 0) is 11.3 Å². The van der Waals surface area contributed by atoms with E-state index in [-0.39, 0.29) is 11.7 Å². The number of amides is 1. The number of ether oxygens (including phenoxy) is 1. The van der Waals surface area contributed by atoms with E-state index >= 15 is 0 Å². The van der Waals surface area contributed by atoms with Crippen LogP contribution in [0.3, 0.4) is 0 Å². The largest absolute Gasteiger partial charge is 0.481 e. The molecule has 1 atom stereocenters. The standard InChI is InChI=1S/C17H18FNO2/c1-2-16(21-15-6-4-3-5-7-15)17(20)19-12-13-8-10-14(18)11-9-13/h3-11,16H,2,12H2,1H3,(H,19,20)/t16-/m1/s1. The lowest BCUT2D eigenvalue weighted by molar-refractivity contribution is -0.128. The lowest BCUT2D eigenvalue weighted by Crippen LogP contribution is -2.37. The van der Waals surface area contributed by atoms with Crippen LogP contribution in [0.1, 0.15) is 18.9 Å². The van der Waals surface area contributed by atoms with Gasteiger partial charge in [0.05, 0.1) is 0 Å². The van der Waals surface area contributed by atoms with E-state index in [4.69, 9.17) is 4.74 Å². The SMILES string of the molecule is CC[C@@H](Oc1ccccc1)C(=O)NCc1ccc(F)cc1. The molecule has 0 aliphatic rings. The van der Waals surface area contributed by atoms with E-state index in [2.05, 4.69) is 5.32 Å². The van der Waals surface area contributed by atoms with Gasteiger partial charge in [0, 0.05) is 6.54 Å². The molecule has 0 fully saturated rings. The normalized spacial score (nSPS) is 11.7. The molecule has 3 nitrogen and oxygen atoms in total. The van der Waals surface area contributed by atoms with Crippen molar-refractivity contribution in [2.45, 2.75) is 26.0 Å². The molecule has 110 valence electrons. The van der Waals surface area contributed by atoms with Crippen molar-refractivity contribution in [1.29, 1.82) is 0 Å². The fourth-order valence-electron chi connectivity index (χ4n) is 1.89. The van der Waals surface area contributed by atoms with Crippen LogP contribution in [-0.4, -0.2) is 12.0 Å². The number of nitrogens with one attached hydrogen (secondary N) is 1. The summed E-state index contributed by atoms with van der Waals surface area (Å²) in [5.74, 6) is 0.205. The van der Waals surface area contributed by atoms with Crippen LogP contribution in [0.2, 0.25) is 0 Å². The van der Waals surface area contributed by atoms with Crippen molar-refractivity contribution in [2.24, 2.45) is 0 Å². The molecule has 1 amide bonds. The zero-order chi connectivity index (χ0) is 15.1. The average Bonchev–Trinajstić information content (AvgIpc) is 2.52. The molecule has 0 saturated carbocycles. The Hall–Kier alpha value is -2.36. The molecule has 2 aromatic rings. The second kappa shape index (κ2) is 7.43. The van der Waals surface area contributed by atoms with E-state index < -0.39 is 6.10 Å². The molecule has 0 heterocycles. The number of para-hydroxylation sites is 1. The Labute approximate surface area is 123 Å². The number of carbonyl (C=O) groups excluding carboxylic acids is 1. The van der Waals surface area contributed by atoms with Gasteiger partial charge in [0.1, 0.15) is 11.6 Å². The molecule has 2 rings (SSSR count). The predicted octanol–water partition coefficient (Wildman–Crippen LogP) is 3.30. The van der Waals surface area contributed by atoms with E-state index in [0.29, 0.717) is 18.7 Å². The van der Waals surface area contributed by atoms with Crippen LogP contribution < -0.4 is 10.1 Å². The summed E-state index contributed by atoms with van der Waals surface area (Å²) in [6.45, 7) is 2.25. The minimum absolute atomic E-state index is 0.175. The Balaban J connectivity index is 1.89. The summed E-state index contributed by atoms with van der Waals surface area (Å²) in [7, 11) is 0. The van der Waals surface area contributed by atoms with Crippen molar-refractivity contribution in [1.82, 2.24) is 5.32 Å². The second-order valence-corrected chi connectivity index (χ2v) is 4.67. The fourth-order valence-corrected chi connectivity index (χ4v) is 1.89. The number of rotatable bonds is 6. The van der Waals surface area contributed by atoms with E-state index in [0.717, 1.165) is 5.56 Å². The number of benzene rings is 2. The van der Waals surface area contributed by atoms with E-state index in [1.165, 1.54) is 12.1 Å². The first-order valence-electron chi connectivity index (χ1n) is 6.93. The van der Waals surface area contributed by atoms with Gasteiger partial charge in [-0.15, -0.1) is 0 Å². The van der Waals surface area contributed by atoms with Crippen molar-refractivity contribution in [3.8, 4) is 5.75 Å². The zero-order valence-electron chi connectivity index (χ0n) is 11.9. The van der Waals surface area contributed by atoms with Crippen LogP contribution in [0.15, 0.2) is 54.6 Å². The maximum atomic E-state index is 12.8. The van der Waals surface area contributed by atoms with Crippen molar-refractivity contribution in [3.63, 3.8) is 0 Å². The average molecular weight is 287 g/mol. The van der Waals surface area contributed by atoms with Gasteiger partial charge >= 0.3 is 0 Å². The first-order valence-corrected chi connectivity index (χ1v) is 6.93. The topological polar surface area (TPSA) is 38.3 Å². The van der Waals surface area contributed by atoms with Gasteiger partial charge in [-0.2, -0.15) is 0 Å². The third kappa shape index (κ3) is 4.60. The summed E-state index contributed by atoms with van der Waals surface area (Å²) in [6, 6.07) is 15.3. The monoisotopic (exact) mass is 287 g/mol. The van der Waals surface area contributed by atoms with Crippen molar-refractivity contribution in [3.05, 3.63) is 66.0 Å². The van der Waals surface area contributed by atoms with Gasteiger partial charge < -0.3 is 10.1 Å². The van der Waals surface area contributed by atoms with Crippen LogP contribution in [0.4, 0.5) is 4.39 Å². The Morgan fingerprint density at radius 3 is 2.43 bits per heavy atom. The Morgan fingerprint density at radius 1 is 1.14 bits per heavy atom. The van der Waals surface area contributed by atoms with Crippen molar-refractivity contribution < 1.29 is 13.9 Å².